The lowest BCUT2D eigenvalue weighted by Crippen LogP contribution is -2.36. The van der Waals surface area contributed by atoms with Gasteiger partial charge in [0.05, 0.1) is 23.0 Å². The number of morpholine rings is 1. The summed E-state index contributed by atoms with van der Waals surface area (Å²) >= 11 is 1.32. The minimum absolute atomic E-state index is 0.152. The second-order valence-electron chi connectivity index (χ2n) is 5.89. The lowest BCUT2D eigenvalue weighted by Gasteiger charge is -2.26. The van der Waals surface area contributed by atoms with E-state index in [2.05, 4.69) is 9.88 Å². The highest BCUT2D eigenvalue weighted by molar-refractivity contribution is 7.99. The molecule has 1 aliphatic heterocycles. The monoisotopic (exact) mass is 359 g/mol. The van der Waals surface area contributed by atoms with Gasteiger partial charge in [0.15, 0.2) is 0 Å². The maximum Gasteiger partial charge on any atom is 0.283 e. The van der Waals surface area contributed by atoms with Crippen LogP contribution >= 0.6 is 11.8 Å². The van der Waals surface area contributed by atoms with Gasteiger partial charge in [0.1, 0.15) is 5.03 Å². The van der Waals surface area contributed by atoms with Crippen molar-refractivity contribution in [3.63, 3.8) is 0 Å². The zero-order valence-electron chi connectivity index (χ0n) is 14.0. The van der Waals surface area contributed by atoms with Gasteiger partial charge in [-0.3, -0.25) is 15.0 Å². The van der Waals surface area contributed by atoms with Crippen molar-refractivity contribution in [2.75, 3.05) is 32.8 Å². The molecular weight excluding hydrogens is 338 g/mol. The molecule has 25 heavy (non-hydrogen) atoms. The smallest absolute Gasteiger partial charge is 0.283 e. The summed E-state index contributed by atoms with van der Waals surface area (Å²) in [6.45, 7) is 4.54. The van der Waals surface area contributed by atoms with Crippen molar-refractivity contribution in [2.45, 2.75) is 22.8 Å². The molecule has 6 nitrogen and oxygen atoms in total. The zero-order valence-corrected chi connectivity index (χ0v) is 14.8. The number of nitro benzene ring substituents is 1. The first kappa shape index (κ1) is 17.8. The Labute approximate surface area is 151 Å². The number of rotatable bonds is 7. The Morgan fingerprint density at radius 1 is 1.24 bits per heavy atom. The minimum atomic E-state index is -0.309. The van der Waals surface area contributed by atoms with E-state index in [1.54, 1.807) is 12.3 Å². The van der Waals surface area contributed by atoms with E-state index < -0.39 is 0 Å². The molecule has 0 saturated carbocycles. The van der Waals surface area contributed by atoms with Crippen molar-refractivity contribution in [1.82, 2.24) is 9.88 Å². The molecule has 7 heteroatoms. The highest BCUT2D eigenvalue weighted by Crippen LogP contribution is 2.34. The van der Waals surface area contributed by atoms with E-state index in [9.17, 15) is 10.1 Å². The normalized spacial score (nSPS) is 15.2. The summed E-state index contributed by atoms with van der Waals surface area (Å²) in [5.41, 5.74) is 1.16. The molecule has 0 amide bonds. The Hall–Kier alpha value is -1.96. The van der Waals surface area contributed by atoms with Gasteiger partial charge < -0.3 is 4.74 Å². The number of aryl methyl sites for hydroxylation is 1. The number of nitrogens with zero attached hydrogens (tertiary/aromatic N) is 3. The molecule has 3 rings (SSSR count). The van der Waals surface area contributed by atoms with Crippen LogP contribution in [0.1, 0.15) is 12.0 Å². The van der Waals surface area contributed by atoms with Gasteiger partial charge >= 0.3 is 0 Å². The molecule has 132 valence electrons. The molecule has 2 aromatic rings. The first-order valence-electron chi connectivity index (χ1n) is 8.39. The van der Waals surface area contributed by atoms with Crippen molar-refractivity contribution in [3.05, 3.63) is 58.3 Å². The molecule has 0 N–H and O–H groups in total. The van der Waals surface area contributed by atoms with Gasteiger partial charge in [-0.15, -0.1) is 0 Å². The third kappa shape index (κ3) is 5.26. The lowest BCUT2D eigenvalue weighted by atomic mass is 10.1. The molecule has 0 unspecified atom stereocenters. The van der Waals surface area contributed by atoms with Crippen molar-refractivity contribution >= 4 is 17.4 Å². The predicted molar refractivity (Wildman–Crippen MR) is 97.0 cm³/mol. The molecule has 0 atom stereocenters. The third-order valence-corrected chi connectivity index (χ3v) is 5.13. The standard InChI is InChI=1S/C18H21N3O3S/c22-21(23)16-14-15(4-3-9-20-10-12-24-13-11-20)6-7-17(16)25-18-5-1-2-8-19-18/h1-2,5-8,14H,3-4,9-13H2. The summed E-state index contributed by atoms with van der Waals surface area (Å²) in [7, 11) is 0. The van der Waals surface area contributed by atoms with Crippen LogP contribution in [0.2, 0.25) is 0 Å². The Bertz CT molecular complexity index is 706. The fraction of sp³-hybridized carbons (Fsp3) is 0.389. The summed E-state index contributed by atoms with van der Waals surface area (Å²) in [6, 6.07) is 11.1. The summed E-state index contributed by atoms with van der Waals surface area (Å²) < 4.78 is 5.34. The second-order valence-corrected chi connectivity index (χ2v) is 6.95. The van der Waals surface area contributed by atoms with Gasteiger partial charge in [0, 0.05) is 25.4 Å². The zero-order chi connectivity index (χ0) is 17.5. The SMILES string of the molecule is O=[N+]([O-])c1cc(CCCN2CCOCC2)ccc1Sc1ccccn1. The summed E-state index contributed by atoms with van der Waals surface area (Å²) in [5.74, 6) is 0. The highest BCUT2D eigenvalue weighted by Gasteiger charge is 2.16. The van der Waals surface area contributed by atoms with Crippen LogP contribution in [0.3, 0.4) is 0 Å². The summed E-state index contributed by atoms with van der Waals surface area (Å²) in [6.07, 6.45) is 3.52. The molecule has 0 aliphatic carbocycles. The molecule has 1 aromatic heterocycles. The van der Waals surface area contributed by atoms with Crippen molar-refractivity contribution in [2.24, 2.45) is 0 Å². The number of nitro groups is 1. The van der Waals surface area contributed by atoms with Crippen molar-refractivity contribution < 1.29 is 9.66 Å². The van der Waals surface area contributed by atoms with E-state index in [1.807, 2.05) is 30.3 Å². The van der Waals surface area contributed by atoms with E-state index in [4.69, 9.17) is 4.74 Å². The average molecular weight is 359 g/mol. The van der Waals surface area contributed by atoms with Gasteiger partial charge in [-0.2, -0.15) is 0 Å². The van der Waals surface area contributed by atoms with E-state index in [-0.39, 0.29) is 10.6 Å². The van der Waals surface area contributed by atoms with Gasteiger partial charge in [0.2, 0.25) is 0 Å². The van der Waals surface area contributed by atoms with E-state index in [0.29, 0.717) is 4.90 Å². The average Bonchev–Trinajstić information content (AvgIpc) is 2.64. The first-order chi connectivity index (χ1) is 12.2. The Kier molecular flexibility index (Phi) is 6.38. The molecule has 0 spiro atoms. The summed E-state index contributed by atoms with van der Waals surface area (Å²) in [5, 5.41) is 12.2. The maximum absolute atomic E-state index is 11.4. The third-order valence-electron chi connectivity index (χ3n) is 4.12. The van der Waals surface area contributed by atoms with Crippen LogP contribution in [0.4, 0.5) is 5.69 Å². The molecule has 0 radical (unpaired) electrons. The van der Waals surface area contributed by atoms with Gasteiger partial charge in [-0.1, -0.05) is 23.9 Å². The number of aromatic nitrogens is 1. The highest BCUT2D eigenvalue weighted by atomic mass is 32.2. The molecule has 0 bridgehead atoms. The van der Waals surface area contributed by atoms with Crippen LogP contribution in [0, 0.1) is 10.1 Å². The first-order valence-corrected chi connectivity index (χ1v) is 9.20. The van der Waals surface area contributed by atoms with E-state index in [0.717, 1.165) is 56.3 Å². The van der Waals surface area contributed by atoms with Crippen molar-refractivity contribution in [1.29, 1.82) is 0 Å². The van der Waals surface area contributed by atoms with Crippen molar-refractivity contribution in [3.8, 4) is 0 Å². The second kappa shape index (κ2) is 8.94. The van der Waals surface area contributed by atoms with Crippen LogP contribution in [-0.4, -0.2) is 47.7 Å². The van der Waals surface area contributed by atoms with Crippen LogP contribution in [0.25, 0.3) is 0 Å². The fourth-order valence-electron chi connectivity index (χ4n) is 2.80. The Balaban J connectivity index is 1.63. The molecule has 1 fully saturated rings. The molecule has 1 saturated heterocycles. The summed E-state index contributed by atoms with van der Waals surface area (Å²) in [4.78, 5) is 18.4. The molecular formula is C18H21N3O3S. The van der Waals surface area contributed by atoms with Gasteiger partial charge in [0.25, 0.3) is 5.69 Å². The molecule has 2 heterocycles. The number of pyridine rings is 1. The number of hydrogen-bond acceptors (Lipinski definition) is 6. The number of hydrogen-bond donors (Lipinski definition) is 0. The van der Waals surface area contributed by atoms with E-state index >= 15 is 0 Å². The van der Waals surface area contributed by atoms with Crippen LogP contribution in [0.5, 0.6) is 0 Å². The predicted octanol–water partition coefficient (Wildman–Crippen LogP) is 3.41. The minimum Gasteiger partial charge on any atom is -0.379 e. The van der Waals surface area contributed by atoms with Crippen LogP contribution in [0.15, 0.2) is 52.5 Å². The Morgan fingerprint density at radius 3 is 2.80 bits per heavy atom. The van der Waals surface area contributed by atoms with Crippen LogP contribution in [-0.2, 0) is 11.2 Å². The number of ether oxygens (including phenoxy) is 1. The van der Waals surface area contributed by atoms with Crippen LogP contribution < -0.4 is 0 Å². The van der Waals surface area contributed by atoms with Gasteiger partial charge in [-0.05, 0) is 43.1 Å². The Morgan fingerprint density at radius 2 is 2.08 bits per heavy atom. The van der Waals surface area contributed by atoms with E-state index in [1.165, 1.54) is 11.8 Å². The lowest BCUT2D eigenvalue weighted by molar-refractivity contribution is -0.387. The quantitative estimate of drug-likeness (QED) is 0.557. The van der Waals surface area contributed by atoms with Gasteiger partial charge in [-0.25, -0.2) is 4.98 Å². The largest absolute Gasteiger partial charge is 0.379 e. The number of benzene rings is 1. The maximum atomic E-state index is 11.4. The molecule has 1 aromatic carbocycles. The fourth-order valence-corrected chi connectivity index (χ4v) is 3.66. The topological polar surface area (TPSA) is 68.5 Å². The molecule has 1 aliphatic rings.